The Balaban J connectivity index is 2.95. The van der Waals surface area contributed by atoms with Gasteiger partial charge in [0.05, 0.1) is 23.6 Å². The van der Waals surface area contributed by atoms with E-state index in [1.54, 1.807) is 18.4 Å². The monoisotopic (exact) mass is 209 g/mol. The predicted octanol–water partition coefficient (Wildman–Crippen LogP) is 3.41. The molecule has 14 heavy (non-hydrogen) atoms. The van der Waals surface area contributed by atoms with E-state index >= 15 is 0 Å². The van der Waals surface area contributed by atoms with Crippen LogP contribution in [0.25, 0.3) is 5.57 Å². The van der Waals surface area contributed by atoms with Crippen LogP contribution >= 0.6 is 11.3 Å². The number of allylic oxidation sites excluding steroid dienone is 4. The van der Waals surface area contributed by atoms with Crippen molar-refractivity contribution < 1.29 is 4.74 Å². The van der Waals surface area contributed by atoms with Crippen LogP contribution in [0.2, 0.25) is 0 Å². The Bertz CT molecular complexity index is 363. The summed E-state index contributed by atoms with van der Waals surface area (Å²) in [6.45, 7) is 5.94. The third-order valence-electron chi connectivity index (χ3n) is 1.91. The SMILES string of the molecule is C/C=C(\C=C(/C)OC)c1csc(C)n1. The molecule has 0 N–H and O–H groups in total. The van der Waals surface area contributed by atoms with Crippen molar-refractivity contribution in [1.29, 1.82) is 0 Å². The molecule has 1 aromatic heterocycles. The first kappa shape index (κ1) is 11.0. The maximum Gasteiger partial charge on any atom is 0.0931 e. The number of rotatable bonds is 3. The molecule has 0 spiro atoms. The van der Waals surface area contributed by atoms with Crippen LogP contribution in [0.3, 0.4) is 0 Å². The molecule has 0 aliphatic carbocycles. The van der Waals surface area contributed by atoms with Gasteiger partial charge in [0.25, 0.3) is 0 Å². The van der Waals surface area contributed by atoms with Crippen LogP contribution in [0.5, 0.6) is 0 Å². The van der Waals surface area contributed by atoms with Crippen LogP contribution in [0.4, 0.5) is 0 Å². The van der Waals surface area contributed by atoms with Gasteiger partial charge in [0, 0.05) is 11.0 Å². The average molecular weight is 209 g/mol. The fourth-order valence-corrected chi connectivity index (χ4v) is 1.70. The van der Waals surface area contributed by atoms with Crippen LogP contribution in [0.1, 0.15) is 24.5 Å². The molecular formula is C11H15NOS. The Hall–Kier alpha value is -1.09. The van der Waals surface area contributed by atoms with Gasteiger partial charge in [0.1, 0.15) is 0 Å². The molecule has 0 bridgehead atoms. The molecule has 2 nitrogen and oxygen atoms in total. The van der Waals surface area contributed by atoms with Crippen molar-refractivity contribution >= 4 is 16.9 Å². The van der Waals surface area contributed by atoms with Gasteiger partial charge in [-0.05, 0) is 26.8 Å². The fraction of sp³-hybridized carbons (Fsp3) is 0.364. The van der Waals surface area contributed by atoms with Gasteiger partial charge in [0.2, 0.25) is 0 Å². The minimum absolute atomic E-state index is 0.892. The molecular weight excluding hydrogens is 194 g/mol. The van der Waals surface area contributed by atoms with Gasteiger partial charge in [-0.2, -0.15) is 0 Å². The maximum atomic E-state index is 5.11. The molecule has 0 amide bonds. The lowest BCUT2D eigenvalue weighted by Crippen LogP contribution is -1.85. The molecule has 0 radical (unpaired) electrons. The van der Waals surface area contributed by atoms with Gasteiger partial charge in [0.15, 0.2) is 0 Å². The highest BCUT2D eigenvalue weighted by Gasteiger charge is 2.02. The summed E-state index contributed by atoms with van der Waals surface area (Å²) in [5.41, 5.74) is 2.13. The highest BCUT2D eigenvalue weighted by molar-refractivity contribution is 7.09. The van der Waals surface area contributed by atoms with Crippen molar-refractivity contribution in [2.45, 2.75) is 20.8 Å². The Morgan fingerprint density at radius 1 is 1.57 bits per heavy atom. The lowest BCUT2D eigenvalue weighted by atomic mass is 10.2. The van der Waals surface area contributed by atoms with Crippen molar-refractivity contribution in [3.05, 3.63) is 34.0 Å². The van der Waals surface area contributed by atoms with Crippen molar-refractivity contribution in [2.24, 2.45) is 0 Å². The molecule has 0 aromatic carbocycles. The van der Waals surface area contributed by atoms with Crippen molar-refractivity contribution in [3.8, 4) is 0 Å². The van der Waals surface area contributed by atoms with Crippen molar-refractivity contribution in [3.63, 3.8) is 0 Å². The quantitative estimate of drug-likeness (QED) is 0.562. The van der Waals surface area contributed by atoms with Crippen LogP contribution in [-0.2, 0) is 4.74 Å². The standard InChI is InChI=1S/C11H15NOS/c1-5-10(6-8(2)13-4)11-7-14-9(3)12-11/h5-7H,1-4H3/b8-6+,10-5+. The minimum Gasteiger partial charge on any atom is -0.501 e. The van der Waals surface area contributed by atoms with Gasteiger partial charge in [-0.25, -0.2) is 4.98 Å². The fourth-order valence-electron chi connectivity index (χ4n) is 1.08. The summed E-state index contributed by atoms with van der Waals surface area (Å²) in [5, 5.41) is 3.15. The summed E-state index contributed by atoms with van der Waals surface area (Å²) in [6, 6.07) is 0. The third-order valence-corrected chi connectivity index (χ3v) is 2.68. The molecule has 1 heterocycles. The topological polar surface area (TPSA) is 22.1 Å². The van der Waals surface area contributed by atoms with Crippen LogP contribution in [0, 0.1) is 6.92 Å². The number of methoxy groups -OCH3 is 1. The summed E-state index contributed by atoms with van der Waals surface area (Å²) in [5.74, 6) is 0.892. The molecule has 0 unspecified atom stereocenters. The van der Waals surface area contributed by atoms with Gasteiger partial charge in [-0.3, -0.25) is 0 Å². The zero-order valence-electron chi connectivity index (χ0n) is 9.00. The Kier molecular flexibility index (Phi) is 3.89. The first-order valence-electron chi connectivity index (χ1n) is 4.48. The normalized spacial score (nSPS) is 13.1. The molecule has 1 rings (SSSR count). The Morgan fingerprint density at radius 3 is 2.71 bits per heavy atom. The van der Waals surface area contributed by atoms with Gasteiger partial charge in [-0.15, -0.1) is 11.3 Å². The van der Waals surface area contributed by atoms with E-state index in [1.807, 2.05) is 32.9 Å². The molecule has 0 saturated heterocycles. The molecule has 0 fully saturated rings. The highest BCUT2D eigenvalue weighted by atomic mass is 32.1. The molecule has 0 atom stereocenters. The molecule has 0 saturated carbocycles. The Morgan fingerprint density at radius 2 is 2.29 bits per heavy atom. The lowest BCUT2D eigenvalue weighted by Gasteiger charge is -2.00. The summed E-state index contributed by atoms with van der Waals surface area (Å²) in [4.78, 5) is 4.42. The van der Waals surface area contributed by atoms with E-state index in [9.17, 15) is 0 Å². The molecule has 1 aromatic rings. The van der Waals surface area contributed by atoms with E-state index in [-0.39, 0.29) is 0 Å². The first-order valence-corrected chi connectivity index (χ1v) is 5.36. The van der Waals surface area contributed by atoms with Crippen LogP contribution in [-0.4, -0.2) is 12.1 Å². The van der Waals surface area contributed by atoms with Gasteiger partial charge in [-0.1, -0.05) is 6.08 Å². The molecule has 0 aliphatic rings. The first-order chi connectivity index (χ1) is 6.67. The average Bonchev–Trinajstić information content (AvgIpc) is 2.60. The number of aryl methyl sites for hydroxylation is 1. The number of hydrogen-bond donors (Lipinski definition) is 0. The minimum atomic E-state index is 0.892. The van der Waals surface area contributed by atoms with Crippen molar-refractivity contribution in [1.82, 2.24) is 4.98 Å². The maximum absolute atomic E-state index is 5.11. The summed E-state index contributed by atoms with van der Waals surface area (Å²) in [6.07, 6.45) is 4.03. The summed E-state index contributed by atoms with van der Waals surface area (Å²) < 4.78 is 5.11. The number of hydrogen-bond acceptors (Lipinski definition) is 3. The molecule has 76 valence electrons. The van der Waals surface area contributed by atoms with Crippen molar-refractivity contribution in [2.75, 3.05) is 7.11 Å². The zero-order valence-corrected chi connectivity index (χ0v) is 9.81. The van der Waals surface area contributed by atoms with E-state index in [1.165, 1.54) is 0 Å². The Labute approximate surface area is 88.9 Å². The van der Waals surface area contributed by atoms with E-state index in [4.69, 9.17) is 4.74 Å². The van der Waals surface area contributed by atoms with E-state index in [0.717, 1.165) is 22.0 Å². The second kappa shape index (κ2) is 4.96. The molecule has 3 heteroatoms. The van der Waals surface area contributed by atoms with Crippen LogP contribution in [0.15, 0.2) is 23.3 Å². The zero-order chi connectivity index (χ0) is 10.6. The predicted molar refractivity (Wildman–Crippen MR) is 61.3 cm³/mol. The number of aromatic nitrogens is 1. The second-order valence-electron chi connectivity index (χ2n) is 2.95. The number of ether oxygens (including phenoxy) is 1. The molecule has 0 aliphatic heterocycles. The number of thiazole rings is 1. The van der Waals surface area contributed by atoms with E-state index in [2.05, 4.69) is 10.4 Å². The summed E-state index contributed by atoms with van der Waals surface area (Å²) in [7, 11) is 1.67. The van der Waals surface area contributed by atoms with Gasteiger partial charge < -0.3 is 4.74 Å². The lowest BCUT2D eigenvalue weighted by molar-refractivity contribution is 0.294. The highest BCUT2D eigenvalue weighted by Crippen LogP contribution is 2.19. The second-order valence-corrected chi connectivity index (χ2v) is 4.02. The summed E-state index contributed by atoms with van der Waals surface area (Å²) >= 11 is 1.66. The smallest absolute Gasteiger partial charge is 0.0931 e. The third kappa shape index (κ3) is 2.70. The van der Waals surface area contributed by atoms with Crippen LogP contribution < -0.4 is 0 Å². The number of nitrogens with zero attached hydrogens (tertiary/aromatic N) is 1. The largest absolute Gasteiger partial charge is 0.501 e. The van der Waals surface area contributed by atoms with Gasteiger partial charge >= 0.3 is 0 Å². The van der Waals surface area contributed by atoms with E-state index < -0.39 is 0 Å². The van der Waals surface area contributed by atoms with E-state index in [0.29, 0.717) is 0 Å².